The van der Waals surface area contributed by atoms with E-state index in [2.05, 4.69) is 5.32 Å². The van der Waals surface area contributed by atoms with Crippen LogP contribution in [0.5, 0.6) is 5.75 Å². The second-order valence-corrected chi connectivity index (χ2v) is 6.45. The van der Waals surface area contributed by atoms with Gasteiger partial charge in [-0.25, -0.2) is 0 Å². The Morgan fingerprint density at radius 3 is 2.69 bits per heavy atom. The Morgan fingerprint density at radius 2 is 2.04 bits per heavy atom. The number of nitro benzene ring substituents is 1. The lowest BCUT2D eigenvalue weighted by atomic mass is 9.98. The zero-order chi connectivity index (χ0) is 19.1. The van der Waals surface area contributed by atoms with Crippen molar-refractivity contribution >= 4 is 23.0 Å². The average molecular weight is 355 g/mol. The van der Waals surface area contributed by atoms with E-state index in [9.17, 15) is 19.7 Å². The van der Waals surface area contributed by atoms with Gasteiger partial charge < -0.3 is 10.1 Å². The molecule has 8 heteroatoms. The molecular formula is C18H17N3O5. The molecule has 0 atom stereocenters. The summed E-state index contributed by atoms with van der Waals surface area (Å²) >= 11 is 0. The number of non-ortho nitro benzene ring substituents is 1. The highest BCUT2D eigenvalue weighted by Gasteiger charge is 2.29. The molecule has 1 aliphatic rings. The number of benzene rings is 1. The number of carbonyl (C=O) groups excluding carboxylic acids is 1. The van der Waals surface area contributed by atoms with Crippen LogP contribution in [-0.4, -0.2) is 21.0 Å². The van der Waals surface area contributed by atoms with Gasteiger partial charge in [0.2, 0.25) is 5.91 Å². The van der Waals surface area contributed by atoms with E-state index >= 15 is 0 Å². The first-order valence-electron chi connectivity index (χ1n) is 7.88. The van der Waals surface area contributed by atoms with Crippen LogP contribution in [0.25, 0.3) is 5.70 Å². The summed E-state index contributed by atoms with van der Waals surface area (Å²) in [5.41, 5.74) is -0.259. The topological polar surface area (TPSA) is 103 Å². The van der Waals surface area contributed by atoms with Gasteiger partial charge in [-0.2, -0.15) is 0 Å². The van der Waals surface area contributed by atoms with Crippen molar-refractivity contribution in [3.05, 3.63) is 68.6 Å². The number of nitrogens with one attached hydrogen (secondary N) is 1. The van der Waals surface area contributed by atoms with Gasteiger partial charge in [0, 0.05) is 30.8 Å². The SMILES string of the molecule is CC(=O)Nc1cccn(C2=CC(C)(C)Oc3ccc([N+](=O)[O-])cc32)c1=O. The molecule has 0 saturated heterocycles. The molecule has 0 aliphatic carbocycles. The molecule has 3 rings (SSSR count). The van der Waals surface area contributed by atoms with E-state index in [1.54, 1.807) is 18.3 Å². The van der Waals surface area contributed by atoms with Crippen LogP contribution in [0.15, 0.2) is 47.4 Å². The molecule has 0 bridgehead atoms. The quantitative estimate of drug-likeness (QED) is 0.673. The Balaban J connectivity index is 2.23. The number of pyridine rings is 1. The van der Waals surface area contributed by atoms with E-state index in [0.717, 1.165) is 0 Å². The minimum Gasteiger partial charge on any atom is -0.483 e. The van der Waals surface area contributed by atoms with E-state index < -0.39 is 16.1 Å². The molecule has 134 valence electrons. The number of ether oxygens (including phenoxy) is 1. The summed E-state index contributed by atoms with van der Waals surface area (Å²) in [6.07, 6.45) is 3.27. The van der Waals surface area contributed by atoms with Crippen LogP contribution in [0.3, 0.4) is 0 Å². The second kappa shape index (κ2) is 6.14. The number of nitrogens with zero attached hydrogens (tertiary/aromatic N) is 2. The van der Waals surface area contributed by atoms with E-state index in [1.165, 1.54) is 35.8 Å². The predicted molar refractivity (Wildman–Crippen MR) is 96.2 cm³/mol. The maximum absolute atomic E-state index is 12.8. The molecule has 0 saturated carbocycles. The summed E-state index contributed by atoms with van der Waals surface area (Å²) in [6.45, 7) is 4.95. The van der Waals surface area contributed by atoms with Crippen molar-refractivity contribution < 1.29 is 14.5 Å². The third-order valence-corrected chi connectivity index (χ3v) is 3.82. The molecule has 1 aliphatic heterocycles. The second-order valence-electron chi connectivity index (χ2n) is 6.45. The highest BCUT2D eigenvalue weighted by atomic mass is 16.6. The van der Waals surface area contributed by atoms with Crippen molar-refractivity contribution in [2.24, 2.45) is 0 Å². The normalized spacial score (nSPS) is 14.7. The molecule has 1 N–H and O–H groups in total. The lowest BCUT2D eigenvalue weighted by Gasteiger charge is -2.31. The van der Waals surface area contributed by atoms with Gasteiger partial charge in [-0.15, -0.1) is 0 Å². The Kier molecular flexibility index (Phi) is 4.11. The fraction of sp³-hybridized carbons (Fsp3) is 0.222. The van der Waals surface area contributed by atoms with E-state index in [1.807, 2.05) is 13.8 Å². The molecule has 1 aromatic heterocycles. The van der Waals surface area contributed by atoms with Crippen molar-refractivity contribution in [2.45, 2.75) is 26.4 Å². The van der Waals surface area contributed by atoms with Crippen molar-refractivity contribution in [3.8, 4) is 5.75 Å². The summed E-state index contributed by atoms with van der Waals surface area (Å²) in [7, 11) is 0. The molecule has 0 spiro atoms. The lowest BCUT2D eigenvalue weighted by Crippen LogP contribution is -2.32. The fourth-order valence-electron chi connectivity index (χ4n) is 2.81. The number of amides is 1. The molecule has 2 aromatic rings. The first-order valence-corrected chi connectivity index (χ1v) is 7.88. The van der Waals surface area contributed by atoms with Crippen LogP contribution >= 0.6 is 0 Å². The van der Waals surface area contributed by atoms with Gasteiger partial charge in [0.05, 0.1) is 10.6 Å². The minimum absolute atomic E-state index is 0.107. The summed E-state index contributed by atoms with van der Waals surface area (Å²) < 4.78 is 7.20. The molecular weight excluding hydrogens is 338 g/mol. The van der Waals surface area contributed by atoms with Gasteiger partial charge in [0.15, 0.2) is 0 Å². The lowest BCUT2D eigenvalue weighted by molar-refractivity contribution is -0.384. The number of aromatic nitrogens is 1. The van der Waals surface area contributed by atoms with Crippen LogP contribution in [0.2, 0.25) is 0 Å². The van der Waals surface area contributed by atoms with E-state index in [-0.39, 0.29) is 17.3 Å². The number of anilines is 1. The number of hydrogen-bond donors (Lipinski definition) is 1. The maximum atomic E-state index is 12.8. The van der Waals surface area contributed by atoms with Crippen LogP contribution in [-0.2, 0) is 4.79 Å². The Bertz CT molecular complexity index is 1000. The Labute approximate surface area is 148 Å². The van der Waals surface area contributed by atoms with Gasteiger partial charge in [-0.3, -0.25) is 24.3 Å². The molecule has 26 heavy (non-hydrogen) atoms. The number of fused-ring (bicyclic) bond motifs is 1. The van der Waals surface area contributed by atoms with E-state index in [0.29, 0.717) is 17.0 Å². The Morgan fingerprint density at radius 1 is 1.31 bits per heavy atom. The zero-order valence-electron chi connectivity index (χ0n) is 14.5. The zero-order valence-corrected chi connectivity index (χ0v) is 14.5. The van der Waals surface area contributed by atoms with Crippen LogP contribution < -0.4 is 15.6 Å². The van der Waals surface area contributed by atoms with Gasteiger partial charge in [0.1, 0.15) is 17.0 Å². The van der Waals surface area contributed by atoms with Crippen LogP contribution in [0, 0.1) is 10.1 Å². The molecule has 1 amide bonds. The summed E-state index contributed by atoms with van der Waals surface area (Å²) in [5.74, 6) is 0.0760. The summed E-state index contributed by atoms with van der Waals surface area (Å²) in [5, 5.41) is 13.6. The average Bonchev–Trinajstić information content (AvgIpc) is 2.54. The van der Waals surface area contributed by atoms with Gasteiger partial charge >= 0.3 is 0 Å². The number of rotatable bonds is 3. The van der Waals surface area contributed by atoms with Gasteiger partial charge in [0.25, 0.3) is 11.2 Å². The smallest absolute Gasteiger partial charge is 0.278 e. The molecule has 0 fully saturated rings. The Hall–Kier alpha value is -3.42. The molecule has 8 nitrogen and oxygen atoms in total. The van der Waals surface area contributed by atoms with Gasteiger partial charge in [-0.05, 0) is 38.1 Å². The molecule has 0 unspecified atom stereocenters. The monoisotopic (exact) mass is 355 g/mol. The molecule has 0 radical (unpaired) electrons. The molecule has 1 aromatic carbocycles. The summed E-state index contributed by atoms with van der Waals surface area (Å²) in [6, 6.07) is 7.36. The standard InChI is InChI=1S/C18H17N3O5/c1-11(22)19-14-5-4-8-20(17(14)23)15-10-18(2,3)26-16-7-6-12(21(24)25)9-13(15)16/h4-10H,1-3H3,(H,19,22). The number of hydrogen-bond acceptors (Lipinski definition) is 5. The van der Waals surface area contributed by atoms with Crippen LogP contribution in [0.4, 0.5) is 11.4 Å². The highest BCUT2D eigenvalue weighted by molar-refractivity contribution is 5.88. The third-order valence-electron chi connectivity index (χ3n) is 3.82. The van der Waals surface area contributed by atoms with Crippen molar-refractivity contribution in [1.29, 1.82) is 0 Å². The first kappa shape index (κ1) is 17.4. The fourth-order valence-corrected chi connectivity index (χ4v) is 2.81. The minimum atomic E-state index is -0.720. The third kappa shape index (κ3) is 3.21. The van der Waals surface area contributed by atoms with E-state index in [4.69, 9.17) is 4.74 Å². The number of nitro groups is 1. The molecule has 2 heterocycles. The van der Waals surface area contributed by atoms with Crippen molar-refractivity contribution in [1.82, 2.24) is 4.57 Å². The number of carbonyl (C=O) groups is 1. The van der Waals surface area contributed by atoms with Crippen molar-refractivity contribution in [3.63, 3.8) is 0 Å². The van der Waals surface area contributed by atoms with Crippen LogP contribution in [0.1, 0.15) is 26.3 Å². The predicted octanol–water partition coefficient (Wildman–Crippen LogP) is 2.78. The maximum Gasteiger partial charge on any atom is 0.278 e. The van der Waals surface area contributed by atoms with Crippen molar-refractivity contribution in [2.75, 3.05) is 5.32 Å². The highest BCUT2D eigenvalue weighted by Crippen LogP contribution is 2.38. The van der Waals surface area contributed by atoms with Gasteiger partial charge in [-0.1, -0.05) is 0 Å². The first-order chi connectivity index (χ1) is 12.2. The largest absolute Gasteiger partial charge is 0.483 e. The summed E-state index contributed by atoms with van der Waals surface area (Å²) in [4.78, 5) is 34.7.